The first-order valence-corrected chi connectivity index (χ1v) is 13.3. The molecule has 3 aromatic rings. The molecule has 5 rings (SSSR count). The summed E-state index contributed by atoms with van der Waals surface area (Å²) in [5, 5.41) is 2.86. The van der Waals surface area contributed by atoms with Gasteiger partial charge in [-0.05, 0) is 55.0 Å². The van der Waals surface area contributed by atoms with Gasteiger partial charge in [0.1, 0.15) is 12.4 Å². The maximum absolute atomic E-state index is 13.8. The molecule has 2 heterocycles. The van der Waals surface area contributed by atoms with Gasteiger partial charge in [-0.15, -0.1) is 0 Å². The summed E-state index contributed by atoms with van der Waals surface area (Å²) in [5.41, 5.74) is 3.10. The first-order valence-electron chi connectivity index (χ1n) is 11.9. The van der Waals surface area contributed by atoms with Crippen LogP contribution in [-0.4, -0.2) is 62.3 Å². The molecule has 2 amide bonds. The molecule has 10 heteroatoms. The standard InChI is InChI=1S/C27H26FN3O5S/c1-18-2-11-24-23(16-18)26(19-3-7-21(28)8-4-19)31(17-25(32)29-24)27(33)20-5-9-22(10-6-20)37(34,35)30-12-14-36-15-13-30/h2-11,16,26H,12-15,17H2,1H3,(H,29,32)/t26-/m0/s1. The molecule has 0 aliphatic carbocycles. The first-order chi connectivity index (χ1) is 17.7. The lowest BCUT2D eigenvalue weighted by Crippen LogP contribution is -2.40. The number of carbonyl (C=O) groups excluding carboxylic acids is 2. The number of amides is 2. The average Bonchev–Trinajstić information content (AvgIpc) is 3.05. The number of rotatable bonds is 4. The molecule has 1 fully saturated rings. The fraction of sp³-hybridized carbons (Fsp3) is 0.259. The van der Waals surface area contributed by atoms with Crippen LogP contribution < -0.4 is 5.32 Å². The molecule has 0 unspecified atom stereocenters. The highest BCUT2D eigenvalue weighted by atomic mass is 32.2. The minimum Gasteiger partial charge on any atom is -0.379 e. The third-order valence-electron chi connectivity index (χ3n) is 6.56. The number of halogens is 1. The molecule has 1 saturated heterocycles. The Bertz CT molecular complexity index is 1440. The van der Waals surface area contributed by atoms with Gasteiger partial charge >= 0.3 is 0 Å². The van der Waals surface area contributed by atoms with Gasteiger partial charge in [-0.2, -0.15) is 4.31 Å². The number of hydrogen-bond donors (Lipinski definition) is 1. The molecule has 37 heavy (non-hydrogen) atoms. The normalized spacial score (nSPS) is 18.6. The van der Waals surface area contributed by atoms with E-state index in [0.29, 0.717) is 30.0 Å². The third kappa shape index (κ3) is 5.00. The highest BCUT2D eigenvalue weighted by molar-refractivity contribution is 7.89. The van der Waals surface area contributed by atoms with Gasteiger partial charge in [-0.25, -0.2) is 12.8 Å². The Morgan fingerprint density at radius 2 is 1.68 bits per heavy atom. The van der Waals surface area contributed by atoms with Crippen molar-refractivity contribution in [3.05, 3.63) is 94.8 Å². The zero-order chi connectivity index (χ0) is 26.2. The van der Waals surface area contributed by atoms with E-state index in [2.05, 4.69) is 5.32 Å². The summed E-state index contributed by atoms with van der Waals surface area (Å²) in [6, 6.07) is 16.4. The SMILES string of the molecule is Cc1ccc2c(c1)[C@H](c1ccc(F)cc1)N(C(=O)c1ccc(S(=O)(=O)N3CCOCC3)cc1)CC(=O)N2. The second-order valence-corrected chi connectivity index (χ2v) is 11.0. The molecular weight excluding hydrogens is 497 g/mol. The zero-order valence-corrected chi connectivity index (χ0v) is 21.0. The van der Waals surface area contributed by atoms with Gasteiger partial charge in [-0.3, -0.25) is 9.59 Å². The maximum Gasteiger partial charge on any atom is 0.255 e. The molecule has 192 valence electrons. The number of nitrogens with one attached hydrogen (secondary N) is 1. The van der Waals surface area contributed by atoms with Crippen molar-refractivity contribution in [1.29, 1.82) is 0 Å². The second kappa shape index (κ2) is 10.0. The van der Waals surface area contributed by atoms with Gasteiger partial charge in [0, 0.05) is 29.9 Å². The largest absolute Gasteiger partial charge is 0.379 e. The van der Waals surface area contributed by atoms with E-state index in [1.54, 1.807) is 18.2 Å². The van der Waals surface area contributed by atoms with Gasteiger partial charge in [-0.1, -0.05) is 29.8 Å². The number of nitrogens with zero attached hydrogens (tertiary/aromatic N) is 2. The number of anilines is 1. The lowest BCUT2D eigenvalue weighted by atomic mass is 9.94. The van der Waals surface area contributed by atoms with Gasteiger partial charge in [0.2, 0.25) is 15.9 Å². The van der Waals surface area contributed by atoms with Gasteiger partial charge in [0.05, 0.1) is 24.2 Å². The van der Waals surface area contributed by atoms with Crippen molar-refractivity contribution in [3.63, 3.8) is 0 Å². The lowest BCUT2D eigenvalue weighted by molar-refractivity contribution is -0.117. The Labute approximate surface area is 214 Å². The number of sulfonamides is 1. The smallest absolute Gasteiger partial charge is 0.255 e. The lowest BCUT2D eigenvalue weighted by Gasteiger charge is -2.31. The van der Waals surface area contributed by atoms with Gasteiger partial charge in [0.25, 0.3) is 5.91 Å². The van der Waals surface area contributed by atoms with E-state index in [4.69, 9.17) is 4.74 Å². The number of hydrogen-bond acceptors (Lipinski definition) is 5. The fourth-order valence-electron chi connectivity index (χ4n) is 4.69. The van der Waals surface area contributed by atoms with E-state index in [9.17, 15) is 22.4 Å². The second-order valence-electron chi connectivity index (χ2n) is 9.07. The average molecular weight is 524 g/mol. The van der Waals surface area contributed by atoms with E-state index < -0.39 is 27.8 Å². The topological polar surface area (TPSA) is 96.0 Å². The zero-order valence-electron chi connectivity index (χ0n) is 20.2. The quantitative estimate of drug-likeness (QED) is 0.566. The summed E-state index contributed by atoms with van der Waals surface area (Å²) in [7, 11) is -3.72. The van der Waals surface area contributed by atoms with E-state index in [0.717, 1.165) is 5.56 Å². The van der Waals surface area contributed by atoms with Crippen molar-refractivity contribution in [1.82, 2.24) is 9.21 Å². The summed E-state index contributed by atoms with van der Waals surface area (Å²) in [6.07, 6.45) is 0. The van der Waals surface area contributed by atoms with Crippen LogP contribution >= 0.6 is 0 Å². The Morgan fingerprint density at radius 3 is 2.35 bits per heavy atom. The summed E-state index contributed by atoms with van der Waals surface area (Å²) >= 11 is 0. The van der Waals surface area contributed by atoms with Crippen LogP contribution in [0.15, 0.2) is 71.6 Å². The highest BCUT2D eigenvalue weighted by Crippen LogP contribution is 2.37. The molecule has 1 N–H and O–H groups in total. The third-order valence-corrected chi connectivity index (χ3v) is 8.47. The summed E-state index contributed by atoms with van der Waals surface area (Å²) in [4.78, 5) is 28.1. The summed E-state index contributed by atoms with van der Waals surface area (Å²) in [5.74, 6) is -1.23. The Hall–Kier alpha value is -3.60. The molecule has 2 aliphatic heterocycles. The van der Waals surface area contributed by atoms with Crippen molar-refractivity contribution in [3.8, 4) is 0 Å². The van der Waals surface area contributed by atoms with E-state index in [-0.39, 0.29) is 36.0 Å². The minimum atomic E-state index is -3.72. The van der Waals surface area contributed by atoms with Crippen LogP contribution in [0.3, 0.4) is 0 Å². The molecule has 8 nitrogen and oxygen atoms in total. The van der Waals surface area contributed by atoms with Crippen molar-refractivity contribution < 1.29 is 27.1 Å². The van der Waals surface area contributed by atoms with Crippen molar-refractivity contribution in [2.24, 2.45) is 0 Å². The van der Waals surface area contributed by atoms with Gasteiger partial charge in [0.15, 0.2) is 0 Å². The van der Waals surface area contributed by atoms with Gasteiger partial charge < -0.3 is 15.0 Å². The van der Waals surface area contributed by atoms with E-state index in [1.807, 2.05) is 19.1 Å². The molecule has 0 saturated carbocycles. The number of morpholine rings is 1. The first kappa shape index (κ1) is 25.1. The Balaban J connectivity index is 1.53. The number of carbonyl (C=O) groups is 2. The summed E-state index contributed by atoms with van der Waals surface area (Å²) < 4.78 is 46.3. The van der Waals surface area contributed by atoms with Crippen molar-refractivity contribution >= 4 is 27.5 Å². The van der Waals surface area contributed by atoms with Crippen LogP contribution in [0.25, 0.3) is 0 Å². The monoisotopic (exact) mass is 523 g/mol. The molecule has 2 aliphatic rings. The molecule has 0 bridgehead atoms. The van der Waals surface area contributed by atoms with Crippen LogP contribution in [-0.2, 0) is 19.6 Å². The highest BCUT2D eigenvalue weighted by Gasteiger charge is 2.34. The molecule has 1 atom stereocenters. The number of ether oxygens (including phenoxy) is 1. The Morgan fingerprint density at radius 1 is 1.00 bits per heavy atom. The van der Waals surface area contributed by atoms with E-state index >= 15 is 0 Å². The molecular formula is C27H26FN3O5S. The van der Waals surface area contributed by atoms with Crippen LogP contribution in [0.2, 0.25) is 0 Å². The van der Waals surface area contributed by atoms with E-state index in [1.165, 1.54) is 45.6 Å². The predicted molar refractivity (Wildman–Crippen MR) is 135 cm³/mol. The van der Waals surface area contributed by atoms with Crippen molar-refractivity contribution in [2.45, 2.75) is 17.9 Å². The van der Waals surface area contributed by atoms with Crippen LogP contribution in [0.1, 0.15) is 33.1 Å². The number of benzene rings is 3. The predicted octanol–water partition coefficient (Wildman–Crippen LogP) is 3.34. The molecule has 0 spiro atoms. The minimum absolute atomic E-state index is 0.0793. The molecule has 3 aromatic carbocycles. The molecule has 0 aromatic heterocycles. The van der Waals surface area contributed by atoms with Crippen LogP contribution in [0, 0.1) is 12.7 Å². The number of aryl methyl sites for hydroxylation is 1. The van der Waals surface area contributed by atoms with Crippen LogP contribution in [0.4, 0.5) is 10.1 Å². The number of fused-ring (bicyclic) bond motifs is 1. The Kier molecular flexibility index (Phi) is 6.80. The molecule has 0 radical (unpaired) electrons. The fourth-order valence-corrected chi connectivity index (χ4v) is 6.10. The van der Waals surface area contributed by atoms with Crippen molar-refractivity contribution in [2.75, 3.05) is 38.2 Å². The summed E-state index contributed by atoms with van der Waals surface area (Å²) in [6.45, 7) is 2.88. The van der Waals surface area contributed by atoms with Crippen LogP contribution in [0.5, 0.6) is 0 Å². The maximum atomic E-state index is 13.8.